The first-order valence-corrected chi connectivity index (χ1v) is 12.9. The minimum atomic E-state index is -0.981. The number of ether oxygens (including phenoxy) is 1. The second kappa shape index (κ2) is 10.7. The number of aryl methyl sites for hydroxylation is 1. The molecule has 2 fully saturated rings. The van der Waals surface area contributed by atoms with E-state index in [0.717, 1.165) is 31.6 Å². The summed E-state index contributed by atoms with van der Waals surface area (Å²) in [6, 6.07) is 12.5. The zero-order valence-corrected chi connectivity index (χ0v) is 22.1. The van der Waals surface area contributed by atoms with Crippen molar-refractivity contribution in [1.82, 2.24) is 9.80 Å². The Morgan fingerprint density at radius 1 is 1.21 bits per heavy atom. The van der Waals surface area contributed by atoms with Crippen molar-refractivity contribution >= 4 is 32.1 Å². The van der Waals surface area contributed by atoms with Crippen molar-refractivity contribution in [2.75, 3.05) is 19.6 Å². The third kappa shape index (κ3) is 6.13. The summed E-state index contributed by atoms with van der Waals surface area (Å²) in [5, 5.41) is 11.2. The fourth-order valence-electron chi connectivity index (χ4n) is 4.68. The van der Waals surface area contributed by atoms with Crippen molar-refractivity contribution in [3.8, 4) is 5.75 Å². The molecule has 3 atom stereocenters. The number of benzene rings is 2. The molecule has 1 aliphatic carbocycles. The van der Waals surface area contributed by atoms with Crippen LogP contribution in [-0.4, -0.2) is 52.7 Å². The Morgan fingerprint density at radius 3 is 2.62 bits per heavy atom. The number of aliphatic carboxylic acids is 1. The highest BCUT2D eigenvalue weighted by atomic mass is 35.5. The van der Waals surface area contributed by atoms with Crippen LogP contribution in [0.3, 0.4) is 0 Å². The lowest BCUT2D eigenvalue weighted by Gasteiger charge is -2.43. The molecule has 34 heavy (non-hydrogen) atoms. The molecule has 3 unspecified atom stereocenters. The van der Waals surface area contributed by atoms with Gasteiger partial charge in [0.15, 0.2) is 6.10 Å². The van der Waals surface area contributed by atoms with Gasteiger partial charge < -0.3 is 14.7 Å². The number of rotatable bonds is 8. The lowest BCUT2D eigenvalue weighted by Crippen LogP contribution is -2.51. The minimum absolute atomic E-state index is 0.386. The van der Waals surface area contributed by atoms with Crippen LogP contribution in [0.25, 0.3) is 0 Å². The van der Waals surface area contributed by atoms with Crippen LogP contribution in [0.4, 0.5) is 0 Å². The lowest BCUT2D eigenvalue weighted by molar-refractivity contribution is -0.144. The Hall–Kier alpha value is -2.07. The van der Waals surface area contributed by atoms with E-state index in [0.29, 0.717) is 23.4 Å². The van der Waals surface area contributed by atoms with E-state index in [1.165, 1.54) is 35.0 Å². The number of halogens is 1. The number of carboxylic acid groups (broad SMARTS) is 1. The molecule has 0 aromatic heterocycles. The number of carboxylic acids is 1. The SMILES string of the molecule is Cc1ccc(CC(=C2CC2)N2CCN(Cc3cc(Cl)ccc3OC(C)C(=O)O)CC2C)c(P)c1. The van der Waals surface area contributed by atoms with E-state index in [1.54, 1.807) is 24.6 Å². The predicted molar refractivity (Wildman–Crippen MR) is 141 cm³/mol. The molecule has 1 N–H and O–H groups in total. The molecule has 1 saturated carbocycles. The van der Waals surface area contributed by atoms with Gasteiger partial charge in [0, 0.05) is 54.9 Å². The van der Waals surface area contributed by atoms with Gasteiger partial charge in [-0.3, -0.25) is 4.90 Å². The predicted octanol–water partition coefficient (Wildman–Crippen LogP) is 4.80. The van der Waals surface area contributed by atoms with Gasteiger partial charge in [-0.05, 0) is 62.7 Å². The van der Waals surface area contributed by atoms with E-state index in [9.17, 15) is 9.90 Å². The van der Waals surface area contributed by atoms with Crippen molar-refractivity contribution in [2.45, 2.75) is 58.7 Å². The summed E-state index contributed by atoms with van der Waals surface area (Å²) < 4.78 is 5.71. The first-order valence-electron chi connectivity index (χ1n) is 11.9. The molecule has 2 aromatic carbocycles. The molecule has 0 bridgehead atoms. The topological polar surface area (TPSA) is 53.0 Å². The Bertz CT molecular complexity index is 1100. The molecule has 0 radical (unpaired) electrons. The zero-order chi connectivity index (χ0) is 24.4. The second-order valence-corrected chi connectivity index (χ2v) is 10.6. The highest BCUT2D eigenvalue weighted by Crippen LogP contribution is 2.36. The monoisotopic (exact) mass is 500 g/mol. The van der Waals surface area contributed by atoms with Gasteiger partial charge in [0.25, 0.3) is 0 Å². The first kappa shape index (κ1) is 25.0. The average Bonchev–Trinajstić information content (AvgIpc) is 3.61. The van der Waals surface area contributed by atoms with Crippen molar-refractivity contribution in [3.63, 3.8) is 0 Å². The molecular weight excluding hydrogens is 467 g/mol. The Balaban J connectivity index is 1.45. The van der Waals surface area contributed by atoms with E-state index in [-0.39, 0.29) is 0 Å². The summed E-state index contributed by atoms with van der Waals surface area (Å²) in [6.07, 6.45) is 2.50. The van der Waals surface area contributed by atoms with E-state index in [4.69, 9.17) is 16.3 Å². The number of piperazine rings is 1. The minimum Gasteiger partial charge on any atom is -0.479 e. The molecule has 182 valence electrons. The smallest absolute Gasteiger partial charge is 0.344 e. The van der Waals surface area contributed by atoms with Gasteiger partial charge in [-0.25, -0.2) is 4.79 Å². The number of carbonyl (C=O) groups is 1. The van der Waals surface area contributed by atoms with Gasteiger partial charge in [-0.2, -0.15) is 0 Å². The molecule has 7 heteroatoms. The van der Waals surface area contributed by atoms with Crippen molar-refractivity contribution in [2.24, 2.45) is 0 Å². The average molecular weight is 501 g/mol. The van der Waals surface area contributed by atoms with Gasteiger partial charge in [0.05, 0.1) is 0 Å². The zero-order valence-electron chi connectivity index (χ0n) is 20.2. The van der Waals surface area contributed by atoms with Crippen LogP contribution < -0.4 is 10.0 Å². The maximum atomic E-state index is 11.3. The molecule has 4 rings (SSSR count). The summed E-state index contributed by atoms with van der Waals surface area (Å²) in [4.78, 5) is 16.3. The summed E-state index contributed by atoms with van der Waals surface area (Å²) in [5.41, 5.74) is 6.70. The highest BCUT2D eigenvalue weighted by molar-refractivity contribution is 7.27. The molecule has 0 amide bonds. The van der Waals surface area contributed by atoms with E-state index in [2.05, 4.69) is 51.1 Å². The van der Waals surface area contributed by atoms with E-state index >= 15 is 0 Å². The summed E-state index contributed by atoms with van der Waals surface area (Å²) >= 11 is 6.26. The third-order valence-electron chi connectivity index (χ3n) is 6.69. The van der Waals surface area contributed by atoms with Crippen LogP contribution in [0, 0.1) is 6.92 Å². The van der Waals surface area contributed by atoms with Gasteiger partial charge in [0.2, 0.25) is 0 Å². The molecule has 5 nitrogen and oxygen atoms in total. The van der Waals surface area contributed by atoms with Crippen molar-refractivity contribution < 1.29 is 14.6 Å². The first-order chi connectivity index (χ1) is 16.2. The van der Waals surface area contributed by atoms with Crippen LogP contribution in [0.1, 0.15) is 43.4 Å². The van der Waals surface area contributed by atoms with Crippen molar-refractivity contribution in [1.29, 1.82) is 0 Å². The molecule has 1 aliphatic heterocycles. The fourth-order valence-corrected chi connectivity index (χ4v) is 5.34. The van der Waals surface area contributed by atoms with Crippen LogP contribution in [0.5, 0.6) is 5.75 Å². The number of hydrogen-bond acceptors (Lipinski definition) is 4. The van der Waals surface area contributed by atoms with Gasteiger partial charge >= 0.3 is 5.97 Å². The molecule has 2 aromatic rings. The lowest BCUT2D eigenvalue weighted by atomic mass is 10.0. The number of allylic oxidation sites excluding steroid dienone is 2. The maximum Gasteiger partial charge on any atom is 0.344 e. The maximum absolute atomic E-state index is 11.3. The molecule has 2 aliphatic rings. The highest BCUT2D eigenvalue weighted by Gasteiger charge is 2.30. The van der Waals surface area contributed by atoms with Crippen LogP contribution >= 0.6 is 20.8 Å². The van der Waals surface area contributed by atoms with Gasteiger partial charge in [0.1, 0.15) is 5.75 Å². The van der Waals surface area contributed by atoms with Crippen LogP contribution in [0.15, 0.2) is 47.7 Å². The molecular formula is C27H34ClN2O3P. The van der Waals surface area contributed by atoms with Gasteiger partial charge in [-0.1, -0.05) is 40.9 Å². The molecule has 1 heterocycles. The Kier molecular flexibility index (Phi) is 7.87. The standard InChI is InChI=1S/C27H34ClN2O3P/c1-17-4-5-21(26(34)12-17)14-24(20-6-7-20)30-11-10-29(15-18(30)2)16-22-13-23(28)8-9-25(22)33-19(3)27(31)32/h4-5,8-9,12-13,18-19H,6-7,10-11,14-16,34H2,1-3H3,(H,31,32). The quantitative estimate of drug-likeness (QED) is 0.528. The van der Waals surface area contributed by atoms with E-state index < -0.39 is 12.1 Å². The molecule has 0 spiro atoms. The van der Waals surface area contributed by atoms with E-state index in [1.807, 2.05) is 6.07 Å². The largest absolute Gasteiger partial charge is 0.479 e. The summed E-state index contributed by atoms with van der Waals surface area (Å²) in [6.45, 7) is 9.50. The number of nitrogens with zero attached hydrogens (tertiary/aromatic N) is 2. The van der Waals surface area contributed by atoms with Crippen LogP contribution in [-0.2, 0) is 17.8 Å². The Morgan fingerprint density at radius 2 is 1.97 bits per heavy atom. The van der Waals surface area contributed by atoms with Gasteiger partial charge in [-0.15, -0.1) is 9.24 Å². The number of hydrogen-bond donors (Lipinski definition) is 1. The third-order valence-corrected chi connectivity index (χ3v) is 7.47. The second-order valence-electron chi connectivity index (χ2n) is 9.56. The van der Waals surface area contributed by atoms with Crippen LogP contribution in [0.2, 0.25) is 5.02 Å². The van der Waals surface area contributed by atoms with Crippen molar-refractivity contribution in [3.05, 3.63) is 69.4 Å². The Labute approximate surface area is 209 Å². The summed E-state index contributed by atoms with van der Waals surface area (Å²) in [7, 11) is 2.90. The summed E-state index contributed by atoms with van der Waals surface area (Å²) in [5.74, 6) is -0.395. The molecule has 1 saturated heterocycles. The fraction of sp³-hybridized carbons (Fsp3) is 0.444. The normalized spacial score (nSPS) is 19.1.